The standard InChI is InChI=1S/C31H30NO/c1-18-21(17-31(3,4)5)11-12-23-24-13-14-32(6)30-28-19(2)22-10-8-7-9-20(22)15-26(28)33-27(29(24)30)16-25(18)23/h7-16H,17H2,1-6H3/q+1. The molecule has 0 amide bonds. The van der Waals surface area contributed by atoms with Crippen LogP contribution in [0.3, 0.4) is 0 Å². The lowest BCUT2D eigenvalue weighted by atomic mass is 9.84. The fourth-order valence-corrected chi connectivity index (χ4v) is 5.66. The molecule has 0 saturated carbocycles. The molecule has 0 atom stereocenters. The number of pyridine rings is 1. The molecule has 0 bridgehead atoms. The molecule has 164 valence electrons. The third-order valence-corrected chi connectivity index (χ3v) is 7.21. The van der Waals surface area contributed by atoms with Crippen molar-refractivity contribution in [1.82, 2.24) is 0 Å². The van der Waals surface area contributed by atoms with Gasteiger partial charge in [0, 0.05) is 11.5 Å². The highest BCUT2D eigenvalue weighted by molar-refractivity contribution is 6.16. The zero-order valence-corrected chi connectivity index (χ0v) is 20.3. The normalized spacial score (nSPS) is 12.9. The van der Waals surface area contributed by atoms with Crippen LogP contribution in [0.1, 0.15) is 37.5 Å². The Kier molecular flexibility index (Phi) is 4.17. The molecule has 5 aromatic rings. The minimum atomic E-state index is 0.249. The first-order valence-corrected chi connectivity index (χ1v) is 11.8. The van der Waals surface area contributed by atoms with Crippen LogP contribution in [0.2, 0.25) is 0 Å². The van der Waals surface area contributed by atoms with Gasteiger partial charge in [-0.2, -0.15) is 0 Å². The lowest BCUT2D eigenvalue weighted by Gasteiger charge is -2.24. The summed E-state index contributed by atoms with van der Waals surface area (Å²) in [7, 11) is 2.14. The van der Waals surface area contributed by atoms with Gasteiger partial charge in [-0.3, -0.25) is 0 Å². The fourth-order valence-electron chi connectivity index (χ4n) is 5.66. The van der Waals surface area contributed by atoms with Crippen LogP contribution in [0, 0.1) is 19.3 Å². The summed E-state index contributed by atoms with van der Waals surface area (Å²) >= 11 is 0. The van der Waals surface area contributed by atoms with Crippen LogP contribution in [0.4, 0.5) is 0 Å². The minimum Gasteiger partial charge on any atom is -0.456 e. The SMILES string of the molecule is Cc1c2c(cc3ccccc13)Oc1cc3c(C)c(CC(C)(C)C)ccc3c3cc[n+](C)c-2c13. The van der Waals surface area contributed by atoms with Crippen LogP contribution in [-0.4, -0.2) is 0 Å². The van der Waals surface area contributed by atoms with E-state index in [9.17, 15) is 0 Å². The van der Waals surface area contributed by atoms with Gasteiger partial charge in [0.15, 0.2) is 6.20 Å². The predicted molar refractivity (Wildman–Crippen MR) is 138 cm³/mol. The average Bonchev–Trinajstić information content (AvgIpc) is 2.76. The van der Waals surface area contributed by atoms with E-state index in [0.29, 0.717) is 0 Å². The maximum absolute atomic E-state index is 6.68. The van der Waals surface area contributed by atoms with E-state index in [2.05, 4.69) is 107 Å². The molecule has 2 heteroatoms. The molecular formula is C31H30NO+. The molecule has 6 rings (SSSR count). The molecule has 2 nitrogen and oxygen atoms in total. The van der Waals surface area contributed by atoms with Crippen LogP contribution in [0.15, 0.2) is 60.8 Å². The lowest BCUT2D eigenvalue weighted by molar-refractivity contribution is -0.659. The van der Waals surface area contributed by atoms with Crippen molar-refractivity contribution >= 4 is 32.3 Å². The van der Waals surface area contributed by atoms with Gasteiger partial charge >= 0.3 is 0 Å². The molecular weight excluding hydrogens is 402 g/mol. The van der Waals surface area contributed by atoms with E-state index in [0.717, 1.165) is 17.9 Å². The molecule has 2 heterocycles. The first kappa shape index (κ1) is 20.2. The zero-order chi connectivity index (χ0) is 23.1. The molecule has 0 aliphatic carbocycles. The Morgan fingerprint density at radius 2 is 1.58 bits per heavy atom. The first-order valence-electron chi connectivity index (χ1n) is 11.8. The van der Waals surface area contributed by atoms with Gasteiger partial charge in [0.25, 0.3) is 0 Å². The molecule has 0 fully saturated rings. The van der Waals surface area contributed by atoms with E-state index in [1.54, 1.807) is 0 Å². The van der Waals surface area contributed by atoms with E-state index >= 15 is 0 Å². The molecule has 0 radical (unpaired) electrons. The Balaban J connectivity index is 1.72. The van der Waals surface area contributed by atoms with E-state index < -0.39 is 0 Å². The number of hydrogen-bond donors (Lipinski definition) is 0. The summed E-state index contributed by atoms with van der Waals surface area (Å²) in [4.78, 5) is 0. The highest BCUT2D eigenvalue weighted by atomic mass is 16.5. The van der Waals surface area contributed by atoms with Crippen molar-refractivity contribution in [2.75, 3.05) is 0 Å². The molecule has 4 aromatic carbocycles. The average molecular weight is 433 g/mol. The van der Waals surface area contributed by atoms with Crippen molar-refractivity contribution in [1.29, 1.82) is 0 Å². The van der Waals surface area contributed by atoms with Gasteiger partial charge in [0.2, 0.25) is 5.69 Å². The maximum Gasteiger partial charge on any atom is 0.228 e. The van der Waals surface area contributed by atoms with E-state index in [1.807, 2.05) is 0 Å². The van der Waals surface area contributed by atoms with Gasteiger partial charge in [-0.1, -0.05) is 57.2 Å². The molecule has 1 aliphatic heterocycles. The van der Waals surface area contributed by atoms with Gasteiger partial charge in [0.1, 0.15) is 18.5 Å². The Hall–Kier alpha value is -3.39. The van der Waals surface area contributed by atoms with Crippen LogP contribution >= 0.6 is 0 Å². The molecule has 0 saturated heterocycles. The van der Waals surface area contributed by atoms with Gasteiger partial charge < -0.3 is 4.74 Å². The number of aromatic nitrogens is 1. The van der Waals surface area contributed by atoms with Crippen molar-refractivity contribution in [3.63, 3.8) is 0 Å². The smallest absolute Gasteiger partial charge is 0.228 e. The molecule has 33 heavy (non-hydrogen) atoms. The highest BCUT2D eigenvalue weighted by Gasteiger charge is 2.31. The Morgan fingerprint density at radius 1 is 0.788 bits per heavy atom. The molecule has 1 aromatic heterocycles. The van der Waals surface area contributed by atoms with Gasteiger partial charge in [-0.05, 0) is 76.1 Å². The summed E-state index contributed by atoms with van der Waals surface area (Å²) in [6, 6.07) is 20.0. The minimum absolute atomic E-state index is 0.249. The summed E-state index contributed by atoms with van der Waals surface area (Å²) in [5, 5.41) is 7.57. The number of nitrogens with zero attached hydrogens (tertiary/aromatic N) is 1. The van der Waals surface area contributed by atoms with Gasteiger partial charge in [-0.25, -0.2) is 4.57 Å². The predicted octanol–water partition coefficient (Wildman–Crippen LogP) is 7.95. The van der Waals surface area contributed by atoms with Crippen molar-refractivity contribution in [3.8, 4) is 22.8 Å². The Bertz CT molecular complexity index is 1620. The Morgan fingerprint density at radius 3 is 2.36 bits per heavy atom. The number of rotatable bonds is 1. The summed E-state index contributed by atoms with van der Waals surface area (Å²) in [6.45, 7) is 11.4. The van der Waals surface area contributed by atoms with Crippen LogP contribution < -0.4 is 9.30 Å². The number of benzene rings is 4. The summed E-state index contributed by atoms with van der Waals surface area (Å²) in [6.07, 6.45) is 3.26. The number of ether oxygens (including phenoxy) is 1. The van der Waals surface area contributed by atoms with Crippen LogP contribution in [-0.2, 0) is 13.5 Å². The summed E-state index contributed by atoms with van der Waals surface area (Å²) < 4.78 is 8.94. The third-order valence-electron chi connectivity index (χ3n) is 7.21. The summed E-state index contributed by atoms with van der Waals surface area (Å²) in [5.41, 5.74) is 6.74. The van der Waals surface area contributed by atoms with Crippen molar-refractivity contribution in [3.05, 3.63) is 77.5 Å². The quantitative estimate of drug-likeness (QED) is 0.190. The monoisotopic (exact) mass is 432 g/mol. The van der Waals surface area contributed by atoms with Crippen molar-refractivity contribution < 1.29 is 9.30 Å². The maximum atomic E-state index is 6.68. The molecule has 0 N–H and O–H groups in total. The molecule has 0 spiro atoms. The number of aryl methyl sites for hydroxylation is 3. The largest absolute Gasteiger partial charge is 0.456 e. The fraction of sp³-hybridized carbons (Fsp3) is 0.258. The molecule has 1 aliphatic rings. The third kappa shape index (κ3) is 2.97. The lowest BCUT2D eigenvalue weighted by Crippen LogP contribution is -2.31. The second kappa shape index (κ2) is 6.81. The van der Waals surface area contributed by atoms with Crippen molar-refractivity contribution in [2.24, 2.45) is 12.5 Å². The van der Waals surface area contributed by atoms with Gasteiger partial charge in [-0.15, -0.1) is 0 Å². The van der Waals surface area contributed by atoms with Gasteiger partial charge in [0.05, 0.1) is 10.9 Å². The Labute approximate surface area is 195 Å². The van der Waals surface area contributed by atoms with Crippen LogP contribution in [0.5, 0.6) is 11.5 Å². The number of fused-ring (bicyclic) bond motifs is 5. The first-order chi connectivity index (χ1) is 15.7. The van der Waals surface area contributed by atoms with E-state index in [1.165, 1.54) is 60.3 Å². The molecule has 0 unspecified atom stereocenters. The van der Waals surface area contributed by atoms with E-state index in [-0.39, 0.29) is 5.41 Å². The second-order valence-electron chi connectivity index (χ2n) is 10.8. The topological polar surface area (TPSA) is 13.1 Å². The van der Waals surface area contributed by atoms with Crippen molar-refractivity contribution in [2.45, 2.75) is 41.0 Å². The van der Waals surface area contributed by atoms with Crippen LogP contribution in [0.25, 0.3) is 43.6 Å². The second-order valence-corrected chi connectivity index (χ2v) is 10.8. The summed E-state index contributed by atoms with van der Waals surface area (Å²) in [5.74, 6) is 1.91. The number of hydrogen-bond acceptors (Lipinski definition) is 1. The van der Waals surface area contributed by atoms with E-state index in [4.69, 9.17) is 4.74 Å². The highest BCUT2D eigenvalue weighted by Crippen LogP contribution is 2.50. The zero-order valence-electron chi connectivity index (χ0n) is 20.3.